The number of hydrogen-bond donors (Lipinski definition) is 1. The van der Waals surface area contributed by atoms with Crippen molar-refractivity contribution in [2.24, 2.45) is 0 Å². The van der Waals surface area contributed by atoms with Crippen LogP contribution in [-0.2, 0) is 14.8 Å². The number of carbonyl (C=O) groups excluding carboxylic acids is 2. The van der Waals surface area contributed by atoms with Crippen LogP contribution in [0.4, 0.5) is 9.18 Å². The first-order valence-corrected chi connectivity index (χ1v) is 11.4. The van der Waals surface area contributed by atoms with Crippen molar-refractivity contribution < 1.29 is 22.4 Å². The zero-order valence-electron chi connectivity index (χ0n) is 16.3. The summed E-state index contributed by atoms with van der Waals surface area (Å²) < 4.78 is 40.3. The number of halogens is 1. The average Bonchev–Trinajstić information content (AvgIpc) is 2.74. The number of likely N-dealkylation sites (tertiary alicyclic amines) is 1. The molecule has 160 valence electrons. The van der Waals surface area contributed by atoms with Crippen LogP contribution in [0.2, 0.25) is 0 Å². The lowest BCUT2D eigenvalue weighted by Gasteiger charge is -2.34. The van der Waals surface area contributed by atoms with E-state index in [4.69, 9.17) is 0 Å². The van der Waals surface area contributed by atoms with Gasteiger partial charge in [-0.2, -0.15) is 4.31 Å². The van der Waals surface area contributed by atoms with Crippen LogP contribution in [0.1, 0.15) is 25.7 Å². The topological polar surface area (TPSA) is 90.0 Å². The van der Waals surface area contributed by atoms with Crippen LogP contribution in [0.3, 0.4) is 0 Å². The standard InChI is InChI=1S/C19H27FN4O4S/c20-16-6-2-3-7-17(16)29(27,28)24-14-12-23(13-15-24)19(26)21-9-8-18(25)22-10-4-1-5-11-22/h2-3,6-7H,1,4-5,8-15H2,(H,21,26). The summed E-state index contributed by atoms with van der Waals surface area (Å²) in [6.45, 7) is 2.42. The van der Waals surface area contributed by atoms with Gasteiger partial charge in [0.1, 0.15) is 10.7 Å². The van der Waals surface area contributed by atoms with E-state index >= 15 is 0 Å². The predicted molar refractivity (Wildman–Crippen MR) is 105 cm³/mol. The van der Waals surface area contributed by atoms with Gasteiger partial charge in [-0.1, -0.05) is 12.1 Å². The zero-order valence-corrected chi connectivity index (χ0v) is 17.2. The maximum atomic E-state index is 13.9. The Morgan fingerprint density at radius 3 is 2.24 bits per heavy atom. The lowest BCUT2D eigenvalue weighted by molar-refractivity contribution is -0.131. The van der Waals surface area contributed by atoms with Crippen LogP contribution in [0.25, 0.3) is 0 Å². The summed E-state index contributed by atoms with van der Waals surface area (Å²) in [5.41, 5.74) is 0. The van der Waals surface area contributed by atoms with E-state index < -0.39 is 15.8 Å². The van der Waals surface area contributed by atoms with E-state index in [1.54, 1.807) is 0 Å². The van der Waals surface area contributed by atoms with Gasteiger partial charge in [0, 0.05) is 52.2 Å². The molecule has 3 rings (SSSR count). The van der Waals surface area contributed by atoms with Crippen molar-refractivity contribution in [3.05, 3.63) is 30.1 Å². The summed E-state index contributed by atoms with van der Waals surface area (Å²) in [4.78, 5) is 27.4. The highest BCUT2D eigenvalue weighted by atomic mass is 32.2. The van der Waals surface area contributed by atoms with E-state index in [0.717, 1.165) is 38.4 Å². The monoisotopic (exact) mass is 426 g/mol. The minimum atomic E-state index is -3.93. The average molecular weight is 427 g/mol. The fraction of sp³-hybridized carbons (Fsp3) is 0.579. The van der Waals surface area contributed by atoms with Crippen LogP contribution in [0.15, 0.2) is 29.2 Å². The normalized spacial score (nSPS) is 18.5. The van der Waals surface area contributed by atoms with Gasteiger partial charge >= 0.3 is 6.03 Å². The van der Waals surface area contributed by atoms with Gasteiger partial charge in [-0.05, 0) is 31.4 Å². The molecule has 10 heteroatoms. The summed E-state index contributed by atoms with van der Waals surface area (Å²) in [6, 6.07) is 4.95. The Morgan fingerprint density at radius 2 is 1.59 bits per heavy atom. The molecule has 0 radical (unpaired) electrons. The molecule has 1 aromatic rings. The Morgan fingerprint density at radius 1 is 0.931 bits per heavy atom. The fourth-order valence-corrected chi connectivity index (χ4v) is 5.10. The van der Waals surface area contributed by atoms with Crippen molar-refractivity contribution in [2.75, 3.05) is 45.8 Å². The Kier molecular flexibility index (Phi) is 7.07. The number of amides is 3. The van der Waals surface area contributed by atoms with Gasteiger partial charge in [-0.25, -0.2) is 17.6 Å². The van der Waals surface area contributed by atoms with E-state index in [-0.39, 0.29) is 56.0 Å². The maximum Gasteiger partial charge on any atom is 0.317 e. The van der Waals surface area contributed by atoms with Crippen LogP contribution in [0, 0.1) is 5.82 Å². The largest absolute Gasteiger partial charge is 0.343 e. The third-order valence-corrected chi connectivity index (χ3v) is 7.24. The van der Waals surface area contributed by atoms with Gasteiger partial charge in [0.05, 0.1) is 0 Å². The van der Waals surface area contributed by atoms with Gasteiger partial charge in [0.15, 0.2) is 0 Å². The van der Waals surface area contributed by atoms with Crippen molar-refractivity contribution in [1.82, 2.24) is 19.4 Å². The fourth-order valence-electron chi connectivity index (χ4n) is 3.61. The Hall–Kier alpha value is -2.20. The zero-order chi connectivity index (χ0) is 20.9. The highest BCUT2D eigenvalue weighted by Gasteiger charge is 2.31. The number of piperidine rings is 1. The van der Waals surface area contributed by atoms with Crippen molar-refractivity contribution in [3.8, 4) is 0 Å². The first kappa shape index (κ1) is 21.5. The Bertz CT molecular complexity index is 834. The smallest absolute Gasteiger partial charge is 0.317 e. The van der Waals surface area contributed by atoms with E-state index in [1.165, 1.54) is 27.4 Å². The molecule has 2 aliphatic heterocycles. The van der Waals surface area contributed by atoms with Crippen LogP contribution in [-0.4, -0.2) is 80.3 Å². The summed E-state index contributed by atoms with van der Waals surface area (Å²) >= 11 is 0. The molecule has 2 fully saturated rings. The van der Waals surface area contributed by atoms with Gasteiger partial charge in [0.2, 0.25) is 15.9 Å². The lowest BCUT2D eigenvalue weighted by atomic mass is 10.1. The van der Waals surface area contributed by atoms with Crippen LogP contribution < -0.4 is 5.32 Å². The van der Waals surface area contributed by atoms with E-state index in [0.29, 0.717) is 0 Å². The predicted octanol–water partition coefficient (Wildman–Crippen LogP) is 1.24. The van der Waals surface area contributed by atoms with Gasteiger partial charge in [-0.15, -0.1) is 0 Å². The molecule has 0 aliphatic carbocycles. The molecule has 0 saturated carbocycles. The van der Waals surface area contributed by atoms with Crippen molar-refractivity contribution in [1.29, 1.82) is 0 Å². The SMILES string of the molecule is O=C(CCNC(=O)N1CCN(S(=O)(=O)c2ccccc2F)CC1)N1CCCCC1. The van der Waals surface area contributed by atoms with Gasteiger partial charge in [-0.3, -0.25) is 4.79 Å². The highest BCUT2D eigenvalue weighted by Crippen LogP contribution is 2.20. The number of sulfonamides is 1. The second kappa shape index (κ2) is 9.53. The summed E-state index contributed by atoms with van der Waals surface area (Å²) in [7, 11) is -3.93. The molecule has 1 N–H and O–H groups in total. The molecule has 3 amide bonds. The number of nitrogens with zero attached hydrogens (tertiary/aromatic N) is 3. The molecule has 0 unspecified atom stereocenters. The van der Waals surface area contributed by atoms with Gasteiger partial charge < -0.3 is 15.1 Å². The molecule has 1 aromatic carbocycles. The minimum absolute atomic E-state index is 0.0470. The second-order valence-electron chi connectivity index (χ2n) is 7.24. The van der Waals surface area contributed by atoms with Crippen LogP contribution in [0.5, 0.6) is 0 Å². The summed E-state index contributed by atoms with van der Waals surface area (Å²) in [6.07, 6.45) is 3.46. The Labute approximate surface area is 170 Å². The van der Waals surface area contributed by atoms with E-state index in [2.05, 4.69) is 5.32 Å². The highest BCUT2D eigenvalue weighted by molar-refractivity contribution is 7.89. The molecule has 2 saturated heterocycles. The van der Waals surface area contributed by atoms with Gasteiger partial charge in [0.25, 0.3) is 0 Å². The minimum Gasteiger partial charge on any atom is -0.343 e. The van der Waals surface area contributed by atoms with Crippen molar-refractivity contribution >= 4 is 22.0 Å². The van der Waals surface area contributed by atoms with Crippen molar-refractivity contribution in [2.45, 2.75) is 30.6 Å². The third-order valence-electron chi connectivity index (χ3n) is 5.30. The molecule has 0 atom stereocenters. The molecular formula is C19H27FN4O4S. The maximum absolute atomic E-state index is 13.9. The number of carbonyl (C=O) groups is 2. The van der Waals surface area contributed by atoms with E-state index in [9.17, 15) is 22.4 Å². The summed E-state index contributed by atoms with van der Waals surface area (Å²) in [5.74, 6) is -0.739. The first-order chi connectivity index (χ1) is 13.9. The molecule has 2 heterocycles. The molecule has 8 nitrogen and oxygen atoms in total. The number of urea groups is 1. The second-order valence-corrected chi connectivity index (χ2v) is 9.15. The molecule has 0 spiro atoms. The molecule has 0 bridgehead atoms. The van der Waals surface area contributed by atoms with Crippen molar-refractivity contribution in [3.63, 3.8) is 0 Å². The lowest BCUT2D eigenvalue weighted by Crippen LogP contribution is -2.53. The first-order valence-electron chi connectivity index (χ1n) is 9.95. The number of rotatable bonds is 5. The summed E-state index contributed by atoms with van der Waals surface area (Å²) in [5, 5.41) is 2.73. The third kappa shape index (κ3) is 5.24. The molecule has 29 heavy (non-hydrogen) atoms. The quantitative estimate of drug-likeness (QED) is 0.767. The number of benzene rings is 1. The molecule has 2 aliphatic rings. The van der Waals surface area contributed by atoms with E-state index in [1.807, 2.05) is 4.90 Å². The number of nitrogens with one attached hydrogen (secondary N) is 1. The molecular weight excluding hydrogens is 399 g/mol. The molecule has 0 aromatic heterocycles. The van der Waals surface area contributed by atoms with Crippen LogP contribution >= 0.6 is 0 Å². The number of hydrogen-bond acceptors (Lipinski definition) is 4. The Balaban J connectivity index is 1.44. The number of piperazine rings is 1.